The summed E-state index contributed by atoms with van der Waals surface area (Å²) in [5.74, 6) is 3.33. The number of amides is 2. The smallest absolute Gasteiger partial charge is 0.227 e. The number of nitrogens with zero attached hydrogens (tertiary/aromatic N) is 1. The van der Waals surface area contributed by atoms with Crippen LogP contribution in [0.1, 0.15) is 33.1 Å². The number of terminal acetylenes is 1. The Morgan fingerprint density at radius 1 is 1.31 bits per heavy atom. The molecule has 1 unspecified atom stereocenters. The van der Waals surface area contributed by atoms with Gasteiger partial charge in [0.2, 0.25) is 11.8 Å². The highest BCUT2D eigenvalue weighted by molar-refractivity contribution is 6.00. The van der Waals surface area contributed by atoms with Crippen molar-refractivity contribution in [1.82, 2.24) is 5.32 Å². The summed E-state index contributed by atoms with van der Waals surface area (Å²) < 4.78 is 11.1. The van der Waals surface area contributed by atoms with Crippen LogP contribution < -0.4 is 19.7 Å². The van der Waals surface area contributed by atoms with Gasteiger partial charge in [0.15, 0.2) is 11.5 Å². The van der Waals surface area contributed by atoms with E-state index >= 15 is 0 Å². The summed E-state index contributed by atoms with van der Waals surface area (Å²) in [5.41, 5.74) is 0.0635. The first-order valence-corrected chi connectivity index (χ1v) is 9.01. The molecular weight excluding hydrogens is 332 g/mol. The molecule has 2 aliphatic rings. The van der Waals surface area contributed by atoms with Gasteiger partial charge in [-0.3, -0.25) is 9.59 Å². The lowest BCUT2D eigenvalue weighted by atomic mass is 9.92. The van der Waals surface area contributed by atoms with Crippen molar-refractivity contribution in [2.45, 2.75) is 38.6 Å². The highest BCUT2D eigenvalue weighted by Crippen LogP contribution is 2.36. The second-order valence-corrected chi connectivity index (χ2v) is 6.66. The van der Waals surface area contributed by atoms with Crippen molar-refractivity contribution in [3.63, 3.8) is 0 Å². The molecular formula is C20H24N2O4. The molecule has 2 aliphatic heterocycles. The van der Waals surface area contributed by atoms with Crippen LogP contribution in [0.15, 0.2) is 18.2 Å². The SMILES string of the molecule is C#CC(CC)(CC)NC(=O)C1CC(=O)N(c2ccc3c(c2)OCCO3)C1. The molecule has 0 spiro atoms. The lowest BCUT2D eigenvalue weighted by molar-refractivity contribution is -0.127. The van der Waals surface area contributed by atoms with Crippen LogP contribution in [0.3, 0.4) is 0 Å². The van der Waals surface area contributed by atoms with E-state index in [1.54, 1.807) is 17.0 Å². The zero-order valence-electron chi connectivity index (χ0n) is 15.2. The lowest BCUT2D eigenvalue weighted by Crippen LogP contribution is -2.49. The monoisotopic (exact) mass is 356 g/mol. The largest absolute Gasteiger partial charge is 0.486 e. The minimum Gasteiger partial charge on any atom is -0.486 e. The number of carbonyl (C=O) groups is 2. The number of rotatable bonds is 5. The Kier molecular flexibility index (Phi) is 5.08. The van der Waals surface area contributed by atoms with Crippen LogP contribution in [-0.2, 0) is 9.59 Å². The molecule has 1 aromatic rings. The van der Waals surface area contributed by atoms with Crippen LogP contribution in [0.25, 0.3) is 0 Å². The highest BCUT2D eigenvalue weighted by Gasteiger charge is 2.38. The maximum Gasteiger partial charge on any atom is 0.227 e. The Bertz CT molecular complexity index is 749. The van der Waals surface area contributed by atoms with Crippen molar-refractivity contribution >= 4 is 17.5 Å². The Balaban J connectivity index is 1.73. The molecule has 0 radical (unpaired) electrons. The highest BCUT2D eigenvalue weighted by atomic mass is 16.6. The average Bonchev–Trinajstić information content (AvgIpc) is 3.07. The van der Waals surface area contributed by atoms with E-state index in [2.05, 4.69) is 11.2 Å². The fourth-order valence-electron chi connectivity index (χ4n) is 3.34. The van der Waals surface area contributed by atoms with Gasteiger partial charge in [-0.1, -0.05) is 19.8 Å². The molecule has 2 amide bonds. The molecule has 1 N–H and O–H groups in total. The van der Waals surface area contributed by atoms with Crippen molar-refractivity contribution < 1.29 is 19.1 Å². The first-order valence-electron chi connectivity index (χ1n) is 9.01. The summed E-state index contributed by atoms with van der Waals surface area (Å²) in [6, 6.07) is 5.40. The molecule has 138 valence electrons. The first kappa shape index (κ1) is 18.1. The third-order valence-electron chi connectivity index (χ3n) is 5.18. The molecule has 1 saturated heterocycles. The van der Waals surface area contributed by atoms with Crippen LogP contribution in [0.4, 0.5) is 5.69 Å². The Morgan fingerprint density at radius 2 is 2.00 bits per heavy atom. The van der Waals surface area contributed by atoms with E-state index in [0.717, 1.165) is 0 Å². The normalized spacial score (nSPS) is 19.2. The van der Waals surface area contributed by atoms with Gasteiger partial charge in [0.1, 0.15) is 18.8 Å². The maximum atomic E-state index is 12.7. The molecule has 6 heteroatoms. The Morgan fingerprint density at radius 3 is 2.65 bits per heavy atom. The number of ether oxygens (including phenoxy) is 2. The zero-order valence-corrected chi connectivity index (χ0v) is 15.2. The van der Waals surface area contributed by atoms with Gasteiger partial charge >= 0.3 is 0 Å². The summed E-state index contributed by atoms with van der Waals surface area (Å²) in [4.78, 5) is 26.8. The van der Waals surface area contributed by atoms with Crippen LogP contribution in [0.2, 0.25) is 0 Å². The second-order valence-electron chi connectivity index (χ2n) is 6.66. The first-order chi connectivity index (χ1) is 12.5. The number of hydrogen-bond donors (Lipinski definition) is 1. The molecule has 6 nitrogen and oxygen atoms in total. The third-order valence-corrected chi connectivity index (χ3v) is 5.18. The quantitative estimate of drug-likeness (QED) is 0.821. The maximum absolute atomic E-state index is 12.7. The lowest BCUT2D eigenvalue weighted by Gasteiger charge is -2.28. The summed E-state index contributed by atoms with van der Waals surface area (Å²) in [5, 5.41) is 2.97. The van der Waals surface area contributed by atoms with Gasteiger partial charge in [-0.15, -0.1) is 6.42 Å². The minimum absolute atomic E-state index is 0.0823. The molecule has 3 rings (SSSR count). The minimum atomic E-state index is -0.648. The van der Waals surface area contributed by atoms with E-state index in [-0.39, 0.29) is 18.2 Å². The molecule has 2 heterocycles. The summed E-state index contributed by atoms with van der Waals surface area (Å²) >= 11 is 0. The van der Waals surface area contributed by atoms with E-state index in [0.29, 0.717) is 49.8 Å². The third kappa shape index (κ3) is 3.34. The molecule has 26 heavy (non-hydrogen) atoms. The number of nitrogens with one attached hydrogen (secondary N) is 1. The van der Waals surface area contributed by atoms with E-state index < -0.39 is 11.5 Å². The van der Waals surface area contributed by atoms with Crippen LogP contribution in [0.5, 0.6) is 11.5 Å². The van der Waals surface area contributed by atoms with Gasteiger partial charge in [-0.25, -0.2) is 0 Å². The summed E-state index contributed by atoms with van der Waals surface area (Å²) in [7, 11) is 0. The van der Waals surface area contributed by atoms with Crippen LogP contribution in [0, 0.1) is 18.3 Å². The van der Waals surface area contributed by atoms with E-state index in [1.165, 1.54) is 0 Å². The van der Waals surface area contributed by atoms with Crippen molar-refractivity contribution in [3.05, 3.63) is 18.2 Å². The molecule has 1 atom stereocenters. The molecule has 1 aromatic carbocycles. The molecule has 0 aliphatic carbocycles. The van der Waals surface area contributed by atoms with Gasteiger partial charge in [0.05, 0.1) is 5.92 Å². The van der Waals surface area contributed by atoms with E-state index in [9.17, 15) is 9.59 Å². The van der Waals surface area contributed by atoms with Crippen molar-refractivity contribution in [2.24, 2.45) is 5.92 Å². The van der Waals surface area contributed by atoms with Crippen LogP contribution >= 0.6 is 0 Å². The van der Waals surface area contributed by atoms with Gasteiger partial charge in [0.25, 0.3) is 0 Å². The van der Waals surface area contributed by atoms with Gasteiger partial charge in [-0.05, 0) is 25.0 Å². The Labute approximate surface area is 153 Å². The van der Waals surface area contributed by atoms with Gasteiger partial charge in [-0.2, -0.15) is 0 Å². The average molecular weight is 356 g/mol. The van der Waals surface area contributed by atoms with Crippen LogP contribution in [-0.4, -0.2) is 37.1 Å². The number of anilines is 1. The standard InChI is InChI=1S/C20H24N2O4/c1-4-20(5-2,6-3)21-19(24)14-11-18(23)22(13-14)15-7-8-16-17(12-15)26-10-9-25-16/h1,7-8,12,14H,5-6,9-11,13H2,2-3H3,(H,21,24). The van der Waals surface area contributed by atoms with E-state index in [1.807, 2.05) is 19.9 Å². The number of benzene rings is 1. The predicted molar refractivity (Wildman–Crippen MR) is 98.2 cm³/mol. The molecule has 0 aromatic heterocycles. The number of fused-ring (bicyclic) bond motifs is 1. The fraction of sp³-hybridized carbons (Fsp3) is 0.500. The molecule has 0 saturated carbocycles. The zero-order chi connectivity index (χ0) is 18.7. The molecule has 1 fully saturated rings. The van der Waals surface area contributed by atoms with Crippen molar-refractivity contribution in [2.75, 3.05) is 24.7 Å². The van der Waals surface area contributed by atoms with Gasteiger partial charge < -0.3 is 19.7 Å². The summed E-state index contributed by atoms with van der Waals surface area (Å²) in [6.07, 6.45) is 7.10. The van der Waals surface area contributed by atoms with E-state index in [4.69, 9.17) is 15.9 Å². The van der Waals surface area contributed by atoms with Gasteiger partial charge in [0, 0.05) is 24.7 Å². The fourth-order valence-corrected chi connectivity index (χ4v) is 3.34. The topological polar surface area (TPSA) is 67.9 Å². The second kappa shape index (κ2) is 7.28. The predicted octanol–water partition coefficient (Wildman–Crippen LogP) is 2.12. The Hall–Kier alpha value is -2.68. The number of carbonyl (C=O) groups excluding carboxylic acids is 2. The van der Waals surface area contributed by atoms with Crippen molar-refractivity contribution in [1.29, 1.82) is 0 Å². The molecule has 0 bridgehead atoms. The van der Waals surface area contributed by atoms with Crippen molar-refractivity contribution in [3.8, 4) is 23.8 Å². The summed E-state index contributed by atoms with van der Waals surface area (Å²) in [6.45, 7) is 5.23. The number of hydrogen-bond acceptors (Lipinski definition) is 4.